The quantitative estimate of drug-likeness (QED) is 0.779. The van der Waals surface area contributed by atoms with Crippen LogP contribution >= 0.6 is 0 Å². The molecule has 0 spiro atoms. The minimum Gasteiger partial charge on any atom is -0.467 e. The van der Waals surface area contributed by atoms with E-state index >= 15 is 0 Å². The Morgan fingerprint density at radius 1 is 1.25 bits per heavy atom. The van der Waals surface area contributed by atoms with Crippen LogP contribution < -0.4 is 15.2 Å². The van der Waals surface area contributed by atoms with Gasteiger partial charge >= 0.3 is 12.0 Å². The summed E-state index contributed by atoms with van der Waals surface area (Å²) in [7, 11) is 3.21. The van der Waals surface area contributed by atoms with E-state index in [1.165, 1.54) is 13.3 Å². The zero-order chi connectivity index (χ0) is 11.5. The Bertz CT molecular complexity index is 497. The molecule has 0 fully saturated rings. The summed E-state index contributed by atoms with van der Waals surface area (Å²) in [5.74, 6) is 0.542. The third-order valence-corrected chi connectivity index (χ3v) is 1.68. The van der Waals surface area contributed by atoms with Crippen molar-refractivity contribution in [3.05, 3.63) is 12.4 Å². The number of nitrogens with zero attached hydrogens (tertiary/aromatic N) is 5. The molecule has 0 atom stereocenters. The van der Waals surface area contributed by atoms with Crippen molar-refractivity contribution in [2.45, 2.75) is 0 Å². The van der Waals surface area contributed by atoms with Crippen molar-refractivity contribution in [1.29, 1.82) is 0 Å². The molecule has 0 aliphatic carbocycles. The molecule has 0 saturated heterocycles. The highest BCUT2D eigenvalue weighted by atomic mass is 16.5. The molecular formula is C8H10N6O2. The Morgan fingerprint density at radius 3 is 2.62 bits per heavy atom. The van der Waals surface area contributed by atoms with Gasteiger partial charge in [-0.15, -0.1) is 4.98 Å². The number of methoxy groups -OCH3 is 1. The third kappa shape index (κ3) is 2.16. The van der Waals surface area contributed by atoms with E-state index in [-0.39, 0.29) is 18.0 Å². The summed E-state index contributed by atoms with van der Waals surface area (Å²) in [6.45, 7) is 0. The Hall–Kier alpha value is -2.38. The van der Waals surface area contributed by atoms with Crippen molar-refractivity contribution >= 4 is 5.95 Å². The number of hydrogen-bond donors (Lipinski definition) is 1. The largest absolute Gasteiger partial charge is 0.467 e. The fraction of sp³-hybridized carbons (Fsp3) is 0.250. The predicted octanol–water partition coefficient (Wildman–Crippen LogP) is -0.0118. The van der Waals surface area contributed by atoms with Gasteiger partial charge in [-0.3, -0.25) is 4.68 Å². The summed E-state index contributed by atoms with van der Waals surface area (Å²) < 4.78 is 11.7. The molecule has 2 aromatic heterocycles. The van der Waals surface area contributed by atoms with E-state index in [9.17, 15) is 0 Å². The Morgan fingerprint density at radius 2 is 2.00 bits per heavy atom. The molecule has 0 saturated carbocycles. The number of anilines is 1. The van der Waals surface area contributed by atoms with Crippen molar-refractivity contribution in [3.8, 4) is 17.8 Å². The SMILES string of the molecule is COc1nc(N)nc(Oc2cnn(C)c2)n1. The van der Waals surface area contributed by atoms with Crippen molar-refractivity contribution in [2.24, 2.45) is 7.05 Å². The summed E-state index contributed by atoms with van der Waals surface area (Å²) in [4.78, 5) is 11.4. The van der Waals surface area contributed by atoms with E-state index in [0.717, 1.165) is 0 Å². The van der Waals surface area contributed by atoms with Crippen LogP contribution in [-0.2, 0) is 7.05 Å². The topological polar surface area (TPSA) is 101 Å². The van der Waals surface area contributed by atoms with Crippen LogP contribution in [0.2, 0.25) is 0 Å². The molecule has 8 heteroatoms. The van der Waals surface area contributed by atoms with Crippen LogP contribution in [0, 0.1) is 0 Å². The first-order valence-electron chi connectivity index (χ1n) is 4.39. The lowest BCUT2D eigenvalue weighted by atomic mass is 10.6. The number of aryl methyl sites for hydroxylation is 1. The van der Waals surface area contributed by atoms with Gasteiger partial charge in [-0.2, -0.15) is 15.1 Å². The van der Waals surface area contributed by atoms with Crippen LogP contribution in [0.4, 0.5) is 5.95 Å². The molecule has 0 aliphatic heterocycles. The van der Waals surface area contributed by atoms with Crippen LogP contribution in [0.3, 0.4) is 0 Å². The van der Waals surface area contributed by atoms with Gasteiger partial charge in [0.25, 0.3) is 0 Å². The zero-order valence-electron chi connectivity index (χ0n) is 8.78. The highest BCUT2D eigenvalue weighted by molar-refractivity contribution is 5.23. The Balaban J connectivity index is 2.24. The van der Waals surface area contributed by atoms with Crippen LogP contribution in [0.5, 0.6) is 17.8 Å². The molecule has 84 valence electrons. The highest BCUT2D eigenvalue weighted by Gasteiger charge is 2.07. The fourth-order valence-corrected chi connectivity index (χ4v) is 1.05. The molecule has 16 heavy (non-hydrogen) atoms. The summed E-state index contributed by atoms with van der Waals surface area (Å²) >= 11 is 0. The first kappa shape index (κ1) is 10.1. The Labute approximate surface area is 91.1 Å². The van der Waals surface area contributed by atoms with E-state index in [1.807, 2.05) is 0 Å². The second kappa shape index (κ2) is 4.01. The van der Waals surface area contributed by atoms with Gasteiger partial charge < -0.3 is 15.2 Å². The minimum atomic E-state index is 0.0331. The van der Waals surface area contributed by atoms with Crippen molar-refractivity contribution in [1.82, 2.24) is 24.7 Å². The second-order valence-corrected chi connectivity index (χ2v) is 2.91. The molecule has 0 aliphatic rings. The number of nitrogens with two attached hydrogens (primary N) is 1. The predicted molar refractivity (Wildman–Crippen MR) is 54.1 cm³/mol. The maximum atomic E-state index is 5.45. The van der Waals surface area contributed by atoms with Gasteiger partial charge in [0.1, 0.15) is 0 Å². The van der Waals surface area contributed by atoms with Crippen molar-refractivity contribution < 1.29 is 9.47 Å². The zero-order valence-corrected chi connectivity index (χ0v) is 8.78. The van der Waals surface area contributed by atoms with E-state index in [4.69, 9.17) is 15.2 Å². The minimum absolute atomic E-state index is 0.0331. The highest BCUT2D eigenvalue weighted by Crippen LogP contribution is 2.18. The lowest BCUT2D eigenvalue weighted by molar-refractivity contribution is 0.360. The molecule has 8 nitrogen and oxygen atoms in total. The maximum absolute atomic E-state index is 5.45. The second-order valence-electron chi connectivity index (χ2n) is 2.91. The van der Waals surface area contributed by atoms with Gasteiger partial charge in [0.15, 0.2) is 5.75 Å². The van der Waals surface area contributed by atoms with Gasteiger partial charge in [-0.25, -0.2) is 0 Å². The maximum Gasteiger partial charge on any atom is 0.330 e. The summed E-state index contributed by atoms with van der Waals surface area (Å²) in [6, 6.07) is 0.170. The molecule has 2 N–H and O–H groups in total. The number of rotatable bonds is 3. The van der Waals surface area contributed by atoms with Crippen LogP contribution in [-0.4, -0.2) is 31.8 Å². The molecular weight excluding hydrogens is 212 g/mol. The molecule has 2 heterocycles. The molecule has 0 aromatic carbocycles. The van der Waals surface area contributed by atoms with Crippen LogP contribution in [0.1, 0.15) is 0 Å². The first-order chi connectivity index (χ1) is 7.67. The fourth-order valence-electron chi connectivity index (χ4n) is 1.05. The lowest BCUT2D eigenvalue weighted by Crippen LogP contribution is -2.02. The average molecular weight is 222 g/mol. The number of aromatic nitrogens is 5. The van der Waals surface area contributed by atoms with Crippen molar-refractivity contribution in [3.63, 3.8) is 0 Å². The number of hydrogen-bond acceptors (Lipinski definition) is 7. The average Bonchev–Trinajstić information content (AvgIpc) is 2.63. The van der Waals surface area contributed by atoms with E-state index in [2.05, 4.69) is 20.1 Å². The Kier molecular flexibility index (Phi) is 2.54. The summed E-state index contributed by atoms with van der Waals surface area (Å²) in [5.41, 5.74) is 5.45. The standard InChI is InChI=1S/C8H10N6O2/c1-14-4-5(3-10-14)16-8-12-6(9)11-7(13-8)15-2/h3-4H,1-2H3,(H2,9,11,12,13). The monoisotopic (exact) mass is 222 g/mol. The third-order valence-electron chi connectivity index (χ3n) is 1.68. The summed E-state index contributed by atoms with van der Waals surface area (Å²) in [5, 5.41) is 3.94. The molecule has 0 radical (unpaired) electrons. The van der Waals surface area contributed by atoms with Gasteiger partial charge in [-0.05, 0) is 0 Å². The van der Waals surface area contributed by atoms with E-state index in [1.54, 1.807) is 17.9 Å². The molecule has 2 rings (SSSR count). The van der Waals surface area contributed by atoms with E-state index < -0.39 is 0 Å². The smallest absolute Gasteiger partial charge is 0.330 e. The number of ether oxygens (including phenoxy) is 2. The van der Waals surface area contributed by atoms with Crippen molar-refractivity contribution in [2.75, 3.05) is 12.8 Å². The molecule has 0 unspecified atom stereocenters. The van der Waals surface area contributed by atoms with Gasteiger partial charge in [-0.1, -0.05) is 0 Å². The van der Waals surface area contributed by atoms with Gasteiger partial charge in [0.2, 0.25) is 5.95 Å². The van der Waals surface area contributed by atoms with Gasteiger partial charge in [0.05, 0.1) is 19.5 Å². The molecule has 0 amide bonds. The van der Waals surface area contributed by atoms with E-state index in [0.29, 0.717) is 5.75 Å². The normalized spacial score (nSPS) is 10.1. The summed E-state index contributed by atoms with van der Waals surface area (Å²) in [6.07, 6.45) is 3.21. The van der Waals surface area contributed by atoms with Crippen LogP contribution in [0.25, 0.3) is 0 Å². The molecule has 0 bridgehead atoms. The lowest BCUT2D eigenvalue weighted by Gasteiger charge is -2.02. The number of nitrogen functional groups attached to an aromatic ring is 1. The molecule has 2 aromatic rings. The van der Waals surface area contributed by atoms with Crippen LogP contribution in [0.15, 0.2) is 12.4 Å². The first-order valence-corrected chi connectivity index (χ1v) is 4.39. The van der Waals surface area contributed by atoms with Gasteiger partial charge in [0, 0.05) is 7.05 Å².